The first-order chi connectivity index (χ1) is 10.1. The lowest BCUT2D eigenvalue weighted by Crippen LogP contribution is -2.24. The van der Waals surface area contributed by atoms with Crippen LogP contribution in [0.3, 0.4) is 0 Å². The van der Waals surface area contributed by atoms with Crippen molar-refractivity contribution < 1.29 is 4.74 Å². The van der Waals surface area contributed by atoms with Crippen LogP contribution in [0.4, 0.5) is 5.69 Å². The molecule has 108 valence electrons. The van der Waals surface area contributed by atoms with Gasteiger partial charge in [-0.15, -0.1) is 0 Å². The van der Waals surface area contributed by atoms with E-state index in [2.05, 4.69) is 18.3 Å². The van der Waals surface area contributed by atoms with Gasteiger partial charge in [-0.3, -0.25) is 0 Å². The maximum absolute atomic E-state index is 9.13. The van der Waals surface area contributed by atoms with Crippen LogP contribution in [-0.4, -0.2) is 12.6 Å². The first-order valence-electron chi connectivity index (χ1n) is 7.05. The van der Waals surface area contributed by atoms with Crippen molar-refractivity contribution in [2.75, 3.05) is 11.9 Å². The molecular weight excluding hydrogens is 260 g/mol. The third-order valence-corrected chi connectivity index (χ3v) is 3.22. The minimum Gasteiger partial charge on any atom is -0.491 e. The quantitative estimate of drug-likeness (QED) is 0.898. The van der Waals surface area contributed by atoms with Crippen molar-refractivity contribution in [3.05, 3.63) is 59.2 Å². The number of hydrogen-bond donors (Lipinski definition) is 1. The van der Waals surface area contributed by atoms with E-state index in [4.69, 9.17) is 10.00 Å². The number of nitriles is 1. The molecule has 0 aliphatic carbocycles. The molecule has 2 aromatic carbocycles. The monoisotopic (exact) mass is 280 g/mol. The average Bonchev–Trinajstić information content (AvgIpc) is 2.47. The molecule has 0 aromatic heterocycles. The number of anilines is 1. The Bertz CT molecular complexity index is 641. The predicted octanol–water partition coefficient (Wildman–Crippen LogP) is 4.05. The van der Waals surface area contributed by atoms with Crippen molar-refractivity contribution in [2.24, 2.45) is 0 Å². The molecule has 0 saturated carbocycles. The average molecular weight is 280 g/mol. The van der Waals surface area contributed by atoms with E-state index in [1.807, 2.05) is 56.3 Å². The van der Waals surface area contributed by atoms with Crippen LogP contribution in [0.1, 0.15) is 23.6 Å². The molecular formula is C18H20N2O. The molecule has 1 N–H and O–H groups in total. The van der Waals surface area contributed by atoms with Crippen molar-refractivity contribution >= 4 is 5.69 Å². The van der Waals surface area contributed by atoms with Gasteiger partial charge in [0.2, 0.25) is 0 Å². The topological polar surface area (TPSA) is 45.0 Å². The molecule has 0 fully saturated rings. The summed E-state index contributed by atoms with van der Waals surface area (Å²) < 4.78 is 5.75. The Kier molecular flexibility index (Phi) is 4.84. The SMILES string of the molecule is Cc1ccc(OCC(C)Nc2cc(C)ccc2C#N)cc1. The Balaban J connectivity index is 1.96. The molecule has 0 saturated heterocycles. The van der Waals surface area contributed by atoms with Gasteiger partial charge in [0.1, 0.15) is 18.4 Å². The van der Waals surface area contributed by atoms with Crippen LogP contribution >= 0.6 is 0 Å². The summed E-state index contributed by atoms with van der Waals surface area (Å²) in [7, 11) is 0. The summed E-state index contributed by atoms with van der Waals surface area (Å²) in [5.74, 6) is 0.860. The van der Waals surface area contributed by atoms with Gasteiger partial charge in [0.15, 0.2) is 0 Å². The zero-order chi connectivity index (χ0) is 15.2. The Morgan fingerprint density at radius 2 is 1.76 bits per heavy atom. The fraction of sp³-hybridized carbons (Fsp3) is 0.278. The maximum atomic E-state index is 9.13. The fourth-order valence-electron chi connectivity index (χ4n) is 2.04. The van der Waals surface area contributed by atoms with Gasteiger partial charge in [0.25, 0.3) is 0 Å². The highest BCUT2D eigenvalue weighted by Crippen LogP contribution is 2.18. The molecule has 3 nitrogen and oxygen atoms in total. The lowest BCUT2D eigenvalue weighted by Gasteiger charge is -2.17. The van der Waals surface area contributed by atoms with Crippen LogP contribution in [0.5, 0.6) is 5.75 Å². The van der Waals surface area contributed by atoms with Gasteiger partial charge >= 0.3 is 0 Å². The molecule has 2 rings (SSSR count). The van der Waals surface area contributed by atoms with Crippen molar-refractivity contribution in [3.8, 4) is 11.8 Å². The molecule has 0 aliphatic rings. The smallest absolute Gasteiger partial charge is 0.119 e. The third kappa shape index (κ3) is 4.25. The van der Waals surface area contributed by atoms with Gasteiger partial charge in [0.05, 0.1) is 17.3 Å². The molecule has 0 spiro atoms. The number of aryl methyl sites for hydroxylation is 2. The van der Waals surface area contributed by atoms with Crippen LogP contribution in [-0.2, 0) is 0 Å². The van der Waals surface area contributed by atoms with Crippen LogP contribution < -0.4 is 10.1 Å². The number of nitrogens with one attached hydrogen (secondary N) is 1. The van der Waals surface area contributed by atoms with E-state index in [0.717, 1.165) is 17.0 Å². The van der Waals surface area contributed by atoms with E-state index in [1.54, 1.807) is 0 Å². The lowest BCUT2D eigenvalue weighted by atomic mass is 10.1. The van der Waals surface area contributed by atoms with E-state index in [9.17, 15) is 0 Å². The zero-order valence-corrected chi connectivity index (χ0v) is 12.7. The van der Waals surface area contributed by atoms with Crippen LogP contribution in [0.2, 0.25) is 0 Å². The second-order valence-corrected chi connectivity index (χ2v) is 5.33. The van der Waals surface area contributed by atoms with Crippen molar-refractivity contribution in [1.29, 1.82) is 5.26 Å². The Labute approximate surface area is 126 Å². The van der Waals surface area contributed by atoms with Crippen molar-refractivity contribution in [2.45, 2.75) is 26.8 Å². The van der Waals surface area contributed by atoms with Gasteiger partial charge < -0.3 is 10.1 Å². The summed E-state index contributed by atoms with van der Waals surface area (Å²) in [4.78, 5) is 0. The van der Waals surface area contributed by atoms with Gasteiger partial charge in [0, 0.05) is 0 Å². The number of hydrogen-bond acceptors (Lipinski definition) is 3. The molecule has 0 heterocycles. The molecule has 0 aliphatic heterocycles. The number of ether oxygens (including phenoxy) is 1. The van der Waals surface area contributed by atoms with E-state index in [1.165, 1.54) is 5.56 Å². The molecule has 1 unspecified atom stereocenters. The summed E-state index contributed by atoms with van der Waals surface area (Å²) >= 11 is 0. The molecule has 2 aromatic rings. The Hall–Kier alpha value is -2.47. The fourth-order valence-corrected chi connectivity index (χ4v) is 2.04. The number of nitrogens with zero attached hydrogens (tertiary/aromatic N) is 1. The van der Waals surface area contributed by atoms with E-state index in [0.29, 0.717) is 12.2 Å². The maximum Gasteiger partial charge on any atom is 0.119 e. The van der Waals surface area contributed by atoms with Gasteiger partial charge in [-0.25, -0.2) is 0 Å². The van der Waals surface area contributed by atoms with Crippen LogP contribution in [0.15, 0.2) is 42.5 Å². The van der Waals surface area contributed by atoms with Crippen LogP contribution in [0.25, 0.3) is 0 Å². The van der Waals surface area contributed by atoms with E-state index < -0.39 is 0 Å². The molecule has 0 amide bonds. The number of rotatable bonds is 5. The normalized spacial score (nSPS) is 11.5. The van der Waals surface area contributed by atoms with E-state index in [-0.39, 0.29) is 6.04 Å². The highest BCUT2D eigenvalue weighted by atomic mass is 16.5. The molecule has 0 radical (unpaired) electrons. The molecule has 21 heavy (non-hydrogen) atoms. The summed E-state index contributed by atoms with van der Waals surface area (Å²) in [5, 5.41) is 12.5. The van der Waals surface area contributed by atoms with Gasteiger partial charge in [-0.05, 0) is 50.6 Å². The minimum atomic E-state index is 0.111. The van der Waals surface area contributed by atoms with E-state index >= 15 is 0 Å². The van der Waals surface area contributed by atoms with Gasteiger partial charge in [-0.1, -0.05) is 23.8 Å². The first kappa shape index (κ1) is 14.9. The molecule has 0 bridgehead atoms. The summed E-state index contributed by atoms with van der Waals surface area (Å²) in [6.45, 7) is 6.65. The molecule has 1 atom stereocenters. The minimum absolute atomic E-state index is 0.111. The van der Waals surface area contributed by atoms with Crippen molar-refractivity contribution in [1.82, 2.24) is 0 Å². The first-order valence-corrected chi connectivity index (χ1v) is 7.05. The second-order valence-electron chi connectivity index (χ2n) is 5.33. The highest BCUT2D eigenvalue weighted by molar-refractivity contribution is 5.59. The second kappa shape index (κ2) is 6.81. The van der Waals surface area contributed by atoms with Crippen molar-refractivity contribution in [3.63, 3.8) is 0 Å². The predicted molar refractivity (Wildman–Crippen MR) is 85.7 cm³/mol. The highest BCUT2D eigenvalue weighted by Gasteiger charge is 2.07. The standard InChI is InChI=1S/C18H20N2O/c1-13-5-8-17(9-6-13)21-12-15(3)20-18-10-14(2)4-7-16(18)11-19/h4-10,15,20H,12H2,1-3H3. The summed E-state index contributed by atoms with van der Waals surface area (Å²) in [6, 6.07) is 16.1. The Morgan fingerprint density at radius 3 is 2.43 bits per heavy atom. The molecule has 3 heteroatoms. The zero-order valence-electron chi connectivity index (χ0n) is 12.7. The van der Waals surface area contributed by atoms with Crippen LogP contribution in [0, 0.1) is 25.2 Å². The number of benzene rings is 2. The Morgan fingerprint density at radius 1 is 1.10 bits per heavy atom. The summed E-state index contributed by atoms with van der Waals surface area (Å²) in [5.41, 5.74) is 3.86. The summed E-state index contributed by atoms with van der Waals surface area (Å²) in [6.07, 6.45) is 0. The van der Waals surface area contributed by atoms with Gasteiger partial charge in [-0.2, -0.15) is 5.26 Å². The lowest BCUT2D eigenvalue weighted by molar-refractivity contribution is 0.304. The largest absolute Gasteiger partial charge is 0.491 e. The third-order valence-electron chi connectivity index (χ3n) is 3.22.